The molecule has 13 heteroatoms. The van der Waals surface area contributed by atoms with E-state index in [0.717, 1.165) is 41.4 Å². The first-order chi connectivity index (χ1) is 17.1. The quantitative estimate of drug-likeness (QED) is 0.489. The number of thiazole rings is 1. The Labute approximate surface area is 222 Å². The zero-order chi connectivity index (χ0) is 26.0. The summed E-state index contributed by atoms with van der Waals surface area (Å²) in [5.74, 6) is -1.10. The van der Waals surface area contributed by atoms with Crippen LogP contribution in [0.5, 0.6) is 0 Å². The fourth-order valence-corrected chi connectivity index (χ4v) is 6.45. The number of aromatic nitrogens is 1. The summed E-state index contributed by atoms with van der Waals surface area (Å²) in [6.45, 7) is 1.67. The molecule has 0 bridgehead atoms. The lowest BCUT2D eigenvalue weighted by Gasteiger charge is -2.37. The van der Waals surface area contributed by atoms with E-state index in [1.807, 2.05) is 7.05 Å². The zero-order valence-corrected chi connectivity index (χ0v) is 22.7. The molecule has 2 aliphatic rings. The lowest BCUT2D eigenvalue weighted by molar-refractivity contribution is -0.134. The number of amides is 3. The fourth-order valence-electron chi connectivity index (χ4n) is 4.53. The molecule has 9 nitrogen and oxygen atoms in total. The number of hydrogen-bond acceptors (Lipinski definition) is 8. The van der Waals surface area contributed by atoms with Crippen molar-refractivity contribution in [3.8, 4) is 0 Å². The van der Waals surface area contributed by atoms with E-state index in [9.17, 15) is 18.8 Å². The van der Waals surface area contributed by atoms with Crippen molar-refractivity contribution in [2.24, 2.45) is 5.92 Å². The summed E-state index contributed by atoms with van der Waals surface area (Å²) >= 11 is 7.50. The molecule has 2 aromatic heterocycles. The molecule has 194 valence electrons. The minimum atomic E-state index is -0.555. The van der Waals surface area contributed by atoms with Crippen molar-refractivity contribution in [1.29, 1.82) is 0 Å². The van der Waals surface area contributed by atoms with Crippen molar-refractivity contribution in [3.63, 3.8) is 0 Å². The van der Waals surface area contributed by atoms with Crippen LogP contribution in [0.2, 0.25) is 0 Å². The van der Waals surface area contributed by atoms with Gasteiger partial charge in [0.05, 0.1) is 16.7 Å². The first-order valence-electron chi connectivity index (χ1n) is 11.7. The molecule has 0 aromatic carbocycles. The van der Waals surface area contributed by atoms with Crippen LogP contribution in [0.25, 0.3) is 0 Å². The molecular weight excluding hydrogens is 523 g/mol. The van der Waals surface area contributed by atoms with Crippen LogP contribution in [0.3, 0.4) is 0 Å². The third-order valence-electron chi connectivity index (χ3n) is 6.41. The molecule has 0 spiro atoms. The predicted octanol–water partition coefficient (Wildman–Crippen LogP) is 2.24. The van der Waals surface area contributed by atoms with E-state index in [2.05, 4.69) is 25.8 Å². The number of fused-ring (bicyclic) bond motifs is 1. The van der Waals surface area contributed by atoms with Gasteiger partial charge in [-0.1, -0.05) is 23.6 Å². The monoisotopic (exact) mass is 552 g/mol. The van der Waals surface area contributed by atoms with Crippen LogP contribution in [0, 0.1) is 11.0 Å². The number of carbonyl (C=O) groups excluding carboxylic acids is 3. The van der Waals surface area contributed by atoms with Crippen molar-refractivity contribution < 1.29 is 18.8 Å². The normalized spacial score (nSPS) is 21.8. The van der Waals surface area contributed by atoms with Gasteiger partial charge in [-0.2, -0.15) is 4.39 Å². The Hall–Kier alpha value is -2.48. The van der Waals surface area contributed by atoms with Gasteiger partial charge in [0.2, 0.25) is 5.91 Å². The van der Waals surface area contributed by atoms with Crippen LogP contribution < -0.4 is 16.0 Å². The van der Waals surface area contributed by atoms with Crippen LogP contribution in [-0.2, 0) is 22.6 Å². The van der Waals surface area contributed by atoms with Gasteiger partial charge < -0.3 is 25.8 Å². The van der Waals surface area contributed by atoms with Crippen LogP contribution >= 0.6 is 34.9 Å². The molecule has 3 atom stereocenters. The summed E-state index contributed by atoms with van der Waals surface area (Å²) in [5.41, 5.74) is 0.963. The second kappa shape index (κ2) is 11.3. The average Bonchev–Trinajstić information content (AvgIpc) is 3.44. The third kappa shape index (κ3) is 6.25. The molecule has 0 radical (unpaired) electrons. The van der Waals surface area contributed by atoms with Gasteiger partial charge in [-0.05, 0) is 38.4 Å². The summed E-state index contributed by atoms with van der Waals surface area (Å²) < 4.78 is 13.3. The molecule has 3 amide bonds. The van der Waals surface area contributed by atoms with E-state index in [-0.39, 0.29) is 28.8 Å². The number of rotatable bonds is 5. The Morgan fingerprint density at radius 3 is 2.64 bits per heavy atom. The number of anilines is 1. The lowest BCUT2D eigenvalue weighted by atomic mass is 9.81. The number of halogens is 1. The van der Waals surface area contributed by atoms with Gasteiger partial charge in [-0.15, -0.1) is 11.3 Å². The molecule has 36 heavy (non-hydrogen) atoms. The summed E-state index contributed by atoms with van der Waals surface area (Å²) in [6, 6.07) is 1.94. The van der Waals surface area contributed by atoms with E-state index < -0.39 is 17.1 Å². The summed E-state index contributed by atoms with van der Waals surface area (Å²) in [5, 5.41) is 9.03. The minimum Gasteiger partial charge on any atom is -0.367 e. The van der Waals surface area contributed by atoms with Gasteiger partial charge >= 0.3 is 0 Å². The van der Waals surface area contributed by atoms with Crippen molar-refractivity contribution in [3.05, 3.63) is 32.8 Å². The first-order valence-corrected chi connectivity index (χ1v) is 13.7. The Kier molecular flexibility index (Phi) is 8.33. The molecule has 3 N–H and O–H groups in total. The summed E-state index contributed by atoms with van der Waals surface area (Å²) in [7, 11) is 5.46. The van der Waals surface area contributed by atoms with Gasteiger partial charge in [0.25, 0.3) is 11.8 Å². The molecule has 2 aromatic rings. The number of thiophene rings is 1. The first kappa shape index (κ1) is 26.6. The van der Waals surface area contributed by atoms with Gasteiger partial charge in [0, 0.05) is 50.4 Å². The molecule has 3 unspecified atom stereocenters. The third-order valence-corrected chi connectivity index (χ3v) is 8.58. The number of hydrogen-bond donors (Lipinski definition) is 3. The molecule has 3 heterocycles. The topological polar surface area (TPSA) is 107 Å². The molecule has 1 saturated carbocycles. The van der Waals surface area contributed by atoms with Crippen molar-refractivity contribution in [1.82, 2.24) is 25.4 Å². The highest BCUT2D eigenvalue weighted by Crippen LogP contribution is 2.28. The highest BCUT2D eigenvalue weighted by atomic mass is 32.1. The van der Waals surface area contributed by atoms with Crippen molar-refractivity contribution >= 4 is 62.6 Å². The number of nitrogens with one attached hydrogen (secondary N) is 3. The highest BCUT2D eigenvalue weighted by molar-refractivity contribution is 7.82. The molecule has 0 saturated heterocycles. The SMILES string of the molecule is CN1CCc2nc(C(=O)NC3CC(C(=O)N(C)C)CCC3NC(=S)C(=O)Nc3ccc(F)s3)sc2C1. The van der Waals surface area contributed by atoms with E-state index >= 15 is 0 Å². The maximum atomic E-state index is 13.3. The Bertz CT molecular complexity index is 1170. The van der Waals surface area contributed by atoms with Gasteiger partial charge in [-0.3, -0.25) is 14.4 Å². The predicted molar refractivity (Wildman–Crippen MR) is 142 cm³/mol. The van der Waals surface area contributed by atoms with E-state index in [1.54, 1.807) is 19.0 Å². The number of carbonyl (C=O) groups is 3. The van der Waals surface area contributed by atoms with Gasteiger partial charge in [0.15, 0.2) is 15.1 Å². The van der Waals surface area contributed by atoms with Crippen molar-refractivity contribution in [2.45, 2.75) is 44.3 Å². The summed E-state index contributed by atoms with van der Waals surface area (Å²) in [4.78, 5) is 47.7. The second-order valence-corrected chi connectivity index (χ2v) is 11.9. The number of likely N-dealkylation sites (N-methyl/N-ethyl adjacent to an activating group) is 1. The second-order valence-electron chi connectivity index (χ2n) is 9.34. The summed E-state index contributed by atoms with van der Waals surface area (Å²) in [6.07, 6.45) is 2.35. The van der Waals surface area contributed by atoms with Crippen molar-refractivity contribution in [2.75, 3.05) is 33.0 Å². The van der Waals surface area contributed by atoms with Crippen LogP contribution in [0.1, 0.15) is 39.6 Å². The minimum absolute atomic E-state index is 0.000454. The van der Waals surface area contributed by atoms with Gasteiger partial charge in [0.1, 0.15) is 0 Å². The molecule has 4 rings (SSSR count). The number of nitrogens with zero attached hydrogens (tertiary/aromatic N) is 3. The maximum Gasteiger partial charge on any atom is 0.283 e. The van der Waals surface area contributed by atoms with E-state index in [4.69, 9.17) is 12.2 Å². The van der Waals surface area contributed by atoms with E-state index in [1.165, 1.54) is 23.5 Å². The van der Waals surface area contributed by atoms with Crippen LogP contribution in [0.4, 0.5) is 9.39 Å². The Balaban J connectivity index is 1.46. The lowest BCUT2D eigenvalue weighted by Crippen LogP contribution is -2.56. The average molecular weight is 553 g/mol. The smallest absolute Gasteiger partial charge is 0.283 e. The molecule has 1 aliphatic carbocycles. The maximum absolute atomic E-state index is 13.3. The Morgan fingerprint density at radius 2 is 1.94 bits per heavy atom. The molecule has 1 aliphatic heterocycles. The van der Waals surface area contributed by atoms with Crippen LogP contribution in [-0.4, -0.2) is 77.3 Å². The number of thiocarbonyl (C=S) groups is 1. The van der Waals surface area contributed by atoms with Gasteiger partial charge in [-0.25, -0.2) is 4.98 Å². The Morgan fingerprint density at radius 1 is 1.17 bits per heavy atom. The fraction of sp³-hybridized carbons (Fsp3) is 0.522. The van der Waals surface area contributed by atoms with Crippen LogP contribution in [0.15, 0.2) is 12.1 Å². The molecule has 1 fully saturated rings. The molecular formula is C23H29FN6O3S3. The largest absolute Gasteiger partial charge is 0.367 e. The zero-order valence-electron chi connectivity index (χ0n) is 20.3. The highest BCUT2D eigenvalue weighted by Gasteiger charge is 2.37. The standard InChI is InChI=1S/C23H29FN6O3S3/c1-29(2)23(33)12-4-5-13(26-21(34)19(31)28-18-7-6-17(24)36-18)15(10-12)25-20(32)22-27-14-8-9-30(3)11-16(14)35-22/h6-7,12-13,15H,4-5,8-11H2,1-3H3,(H,25,32)(H,26,34)(H,28,31). The van der Waals surface area contributed by atoms with E-state index in [0.29, 0.717) is 29.3 Å².